The minimum Gasteiger partial charge on any atom is -0.104 e. The molecule has 0 aromatic carbocycles. The maximum Gasteiger partial charge on any atom is 0.113 e. The average molecular weight is 907 g/mol. The molecule has 0 N–H and O–H groups in total. The second-order valence-electron chi connectivity index (χ2n) is 14.9. The molecule has 0 atom stereocenters. The highest BCUT2D eigenvalue weighted by molar-refractivity contribution is 9.09. The molecule has 0 unspecified atom stereocenters. The van der Waals surface area contributed by atoms with Crippen LogP contribution in [-0.4, -0.2) is 24.3 Å². The molecule has 4 rings (SSSR count). The molecule has 4 saturated heterocycles. The summed E-state index contributed by atoms with van der Waals surface area (Å²) in [6.07, 6.45) is 45.8. The molecule has 0 nitrogen and oxygen atoms in total. The molecule has 8 heteroatoms. The van der Waals surface area contributed by atoms with Gasteiger partial charge in [0.1, 0.15) is 13.6 Å². The van der Waals surface area contributed by atoms with Gasteiger partial charge < -0.3 is 0 Å². The Hall–Kier alpha value is 3.06. The van der Waals surface area contributed by atoms with Crippen LogP contribution in [0.5, 0.6) is 0 Å². The number of unbranched alkanes of at least 4 members (excludes halogenated alkanes) is 24. The van der Waals surface area contributed by atoms with Crippen molar-refractivity contribution in [3.8, 4) is 0 Å². The Labute approximate surface area is 342 Å². The SMILES string of the molecule is CCCCCCCCCC12SC3(CCCCCCCCC)SC(CCCCCCCCCBr)(S1)SC(CCCCCCCCCBr)(S2)S3. The van der Waals surface area contributed by atoms with Gasteiger partial charge in [0.2, 0.25) is 0 Å². The first-order valence-corrected chi connectivity index (χ1v) is 28.0. The van der Waals surface area contributed by atoms with Gasteiger partial charge >= 0.3 is 0 Å². The van der Waals surface area contributed by atoms with Crippen molar-refractivity contribution in [2.24, 2.45) is 0 Å². The summed E-state index contributed by atoms with van der Waals surface area (Å²) in [5.74, 6) is 0. The summed E-state index contributed by atoms with van der Waals surface area (Å²) in [4.78, 5) is 0. The van der Waals surface area contributed by atoms with Crippen molar-refractivity contribution in [1.29, 1.82) is 0 Å². The fourth-order valence-corrected chi connectivity index (χ4v) is 30.2. The van der Waals surface area contributed by atoms with E-state index in [0.29, 0.717) is 13.6 Å². The zero-order chi connectivity index (χ0) is 34.3. The summed E-state index contributed by atoms with van der Waals surface area (Å²) in [5.41, 5.74) is 0. The Bertz CT molecular complexity index is 724. The lowest BCUT2D eigenvalue weighted by Gasteiger charge is -2.67. The maximum atomic E-state index is 3.62. The fourth-order valence-electron chi connectivity index (χ4n) is 7.52. The number of halogens is 2. The maximum absolute atomic E-state index is 3.62. The van der Waals surface area contributed by atoms with Crippen LogP contribution >= 0.6 is 102 Å². The lowest BCUT2D eigenvalue weighted by atomic mass is 10.1. The van der Waals surface area contributed by atoms with E-state index in [-0.39, 0.29) is 0 Å². The normalized spacial score (nSPS) is 27.8. The number of hydrogen-bond acceptors (Lipinski definition) is 6. The molecular weight excluding hydrogens is 833 g/mol. The van der Waals surface area contributed by atoms with E-state index in [1.807, 2.05) is 0 Å². The van der Waals surface area contributed by atoms with E-state index in [0.717, 1.165) is 0 Å². The molecule has 4 fully saturated rings. The molecule has 4 aliphatic rings. The second-order valence-corrected chi connectivity index (χ2v) is 29.2. The quantitative estimate of drug-likeness (QED) is 0.0463. The van der Waals surface area contributed by atoms with Crippen LogP contribution < -0.4 is 0 Å². The van der Waals surface area contributed by atoms with Gasteiger partial charge in [-0.1, -0.05) is 213 Å². The van der Waals surface area contributed by atoms with Crippen molar-refractivity contribution in [3.63, 3.8) is 0 Å². The van der Waals surface area contributed by atoms with Gasteiger partial charge in [-0.2, -0.15) is 0 Å². The highest BCUT2D eigenvalue weighted by atomic mass is 79.9. The van der Waals surface area contributed by atoms with Crippen LogP contribution in [0.3, 0.4) is 0 Å². The summed E-state index contributed by atoms with van der Waals surface area (Å²) in [5, 5.41) is 2.35. The van der Waals surface area contributed by atoms with Gasteiger partial charge in [-0.05, 0) is 38.5 Å². The highest BCUT2D eigenvalue weighted by Gasteiger charge is 2.71. The molecule has 0 aromatic rings. The molecule has 48 heavy (non-hydrogen) atoms. The molecule has 0 saturated carbocycles. The first kappa shape index (κ1) is 45.4. The summed E-state index contributed by atoms with van der Waals surface area (Å²) < 4.78 is 1.54. The molecule has 284 valence electrons. The smallest absolute Gasteiger partial charge is 0.104 e. The average Bonchev–Trinajstić information content (AvgIpc) is 3.05. The Morgan fingerprint density at radius 3 is 0.667 bits per heavy atom. The lowest BCUT2D eigenvalue weighted by Crippen LogP contribution is -2.53. The van der Waals surface area contributed by atoms with E-state index in [9.17, 15) is 0 Å². The number of rotatable bonds is 34. The molecule has 4 heterocycles. The number of alkyl halides is 2. The third-order valence-corrected chi connectivity index (χ3v) is 23.6. The third kappa shape index (κ3) is 17.2. The van der Waals surface area contributed by atoms with Crippen molar-refractivity contribution in [2.45, 2.75) is 233 Å². The third-order valence-electron chi connectivity index (χ3n) is 10.3. The second kappa shape index (κ2) is 26.8. The van der Waals surface area contributed by atoms with Crippen LogP contribution in [0.2, 0.25) is 0 Å². The van der Waals surface area contributed by atoms with Crippen molar-refractivity contribution in [2.75, 3.05) is 10.7 Å². The largest absolute Gasteiger partial charge is 0.113 e. The predicted molar refractivity (Wildman–Crippen MR) is 243 cm³/mol. The van der Waals surface area contributed by atoms with Crippen LogP contribution in [0.1, 0.15) is 219 Å². The fraction of sp³-hybridized carbons (Fsp3) is 1.00. The molecule has 4 aliphatic heterocycles. The van der Waals surface area contributed by atoms with Gasteiger partial charge in [-0.25, -0.2) is 0 Å². The minimum absolute atomic E-state index is 0.385. The van der Waals surface area contributed by atoms with Gasteiger partial charge in [0.05, 0.1) is 0 Å². The summed E-state index contributed by atoms with van der Waals surface area (Å²) in [6, 6.07) is 0. The molecule has 0 amide bonds. The molecule has 0 aliphatic carbocycles. The summed E-state index contributed by atoms with van der Waals surface area (Å²) in [6.45, 7) is 4.69. The Balaban J connectivity index is 1.67. The predicted octanol–water partition coefficient (Wildman–Crippen LogP) is 18.4. The van der Waals surface area contributed by atoms with Gasteiger partial charge in [-0.3, -0.25) is 0 Å². The van der Waals surface area contributed by atoms with Crippen LogP contribution in [0.15, 0.2) is 0 Å². The first-order valence-electron chi connectivity index (χ1n) is 20.8. The highest BCUT2D eigenvalue weighted by Crippen LogP contribution is 2.91. The van der Waals surface area contributed by atoms with Crippen molar-refractivity contribution >= 4 is 102 Å². The van der Waals surface area contributed by atoms with E-state index in [4.69, 9.17) is 0 Å². The van der Waals surface area contributed by atoms with Crippen LogP contribution in [0.25, 0.3) is 0 Å². The Morgan fingerprint density at radius 2 is 0.458 bits per heavy atom. The van der Waals surface area contributed by atoms with Gasteiger partial charge in [0.25, 0.3) is 0 Å². The van der Waals surface area contributed by atoms with E-state index < -0.39 is 0 Å². The van der Waals surface area contributed by atoms with Gasteiger partial charge in [-0.15, -0.1) is 70.6 Å². The molecule has 0 radical (unpaired) electrons. The van der Waals surface area contributed by atoms with Crippen molar-refractivity contribution in [1.82, 2.24) is 0 Å². The van der Waals surface area contributed by atoms with E-state index >= 15 is 0 Å². The zero-order valence-corrected chi connectivity index (χ0v) is 39.3. The standard InChI is InChI=1S/C40H74Br2S6/c1-3-5-7-9-13-19-25-31-37-43-38(32-26-20-14-10-8-6-4-2)46-39(44-37,33-27-21-15-11-17-23-29-35-41)48-40(45-37,47-38)34-28-22-16-12-18-24-30-36-42/h3-36H2,1-2H3. The molecule has 0 spiro atoms. The first-order chi connectivity index (χ1) is 23.5. The lowest BCUT2D eigenvalue weighted by molar-refractivity contribution is 0.567. The zero-order valence-electron chi connectivity index (χ0n) is 31.2. The number of hydrogen-bond donors (Lipinski definition) is 0. The topological polar surface area (TPSA) is 0 Å². The van der Waals surface area contributed by atoms with E-state index in [2.05, 4.69) is 116 Å². The van der Waals surface area contributed by atoms with Crippen LogP contribution in [0, 0.1) is 0 Å². The summed E-state index contributed by atoms with van der Waals surface area (Å²) in [7, 11) is 0. The Morgan fingerprint density at radius 1 is 0.271 bits per heavy atom. The van der Waals surface area contributed by atoms with E-state index in [1.165, 1.54) is 216 Å². The molecule has 0 aromatic heterocycles. The van der Waals surface area contributed by atoms with Crippen LogP contribution in [-0.2, 0) is 0 Å². The van der Waals surface area contributed by atoms with Gasteiger partial charge in [0.15, 0.2) is 0 Å². The number of thioether (sulfide) groups is 6. The summed E-state index contributed by atoms with van der Waals surface area (Å²) >= 11 is 22.1. The molecule has 4 bridgehead atoms. The van der Waals surface area contributed by atoms with Crippen molar-refractivity contribution in [3.05, 3.63) is 0 Å². The Kier molecular flexibility index (Phi) is 25.4. The van der Waals surface area contributed by atoms with Crippen LogP contribution in [0.4, 0.5) is 0 Å². The monoisotopic (exact) mass is 904 g/mol. The van der Waals surface area contributed by atoms with Gasteiger partial charge in [0, 0.05) is 10.7 Å². The molecular formula is C40H74Br2S6. The minimum atomic E-state index is 0.385. The van der Waals surface area contributed by atoms with Crippen molar-refractivity contribution < 1.29 is 0 Å². The van der Waals surface area contributed by atoms with E-state index in [1.54, 1.807) is 0 Å².